The maximum atomic E-state index is 13.3. The number of benzene rings is 1. The minimum Gasteiger partial charge on any atom is -0.494 e. The van der Waals surface area contributed by atoms with Crippen LogP contribution in [0.2, 0.25) is 0 Å². The lowest BCUT2D eigenvalue weighted by molar-refractivity contribution is 0.228. The van der Waals surface area contributed by atoms with Gasteiger partial charge in [0.25, 0.3) is 0 Å². The second-order valence-corrected chi connectivity index (χ2v) is 4.52. The fraction of sp³-hybridized carbons (Fsp3) is 0.538. The first-order valence-corrected chi connectivity index (χ1v) is 5.76. The summed E-state index contributed by atoms with van der Waals surface area (Å²) in [6, 6.07) is 5.18. The van der Waals surface area contributed by atoms with E-state index in [0.717, 1.165) is 19.3 Å². The SMILES string of the molecule is COc1cc(C2(CCN)CCC2)ccc1F. The summed E-state index contributed by atoms with van der Waals surface area (Å²) in [6.45, 7) is 0.680. The molecular weight excluding hydrogens is 205 g/mol. The van der Waals surface area contributed by atoms with E-state index in [9.17, 15) is 4.39 Å². The first-order valence-electron chi connectivity index (χ1n) is 5.76. The Bertz CT molecular complexity index is 374. The van der Waals surface area contributed by atoms with E-state index in [1.54, 1.807) is 0 Å². The van der Waals surface area contributed by atoms with Crippen LogP contribution in [-0.2, 0) is 5.41 Å². The third kappa shape index (κ3) is 1.80. The molecule has 1 aliphatic rings. The quantitative estimate of drug-likeness (QED) is 0.851. The molecular formula is C13H18FNO. The molecule has 1 saturated carbocycles. The Labute approximate surface area is 95.6 Å². The van der Waals surface area contributed by atoms with Crippen molar-refractivity contribution in [3.63, 3.8) is 0 Å². The molecule has 16 heavy (non-hydrogen) atoms. The fourth-order valence-electron chi connectivity index (χ4n) is 2.55. The van der Waals surface area contributed by atoms with Crippen LogP contribution in [0.5, 0.6) is 5.75 Å². The van der Waals surface area contributed by atoms with Gasteiger partial charge >= 0.3 is 0 Å². The average molecular weight is 223 g/mol. The summed E-state index contributed by atoms with van der Waals surface area (Å²) in [5.41, 5.74) is 7.00. The zero-order valence-corrected chi connectivity index (χ0v) is 9.63. The highest BCUT2D eigenvalue weighted by molar-refractivity contribution is 5.36. The van der Waals surface area contributed by atoms with Gasteiger partial charge in [-0.2, -0.15) is 0 Å². The lowest BCUT2D eigenvalue weighted by Crippen LogP contribution is -2.36. The molecule has 0 bridgehead atoms. The number of halogens is 1. The summed E-state index contributed by atoms with van der Waals surface area (Å²) in [6.07, 6.45) is 4.51. The summed E-state index contributed by atoms with van der Waals surface area (Å²) in [5, 5.41) is 0. The minimum absolute atomic E-state index is 0.176. The highest BCUT2D eigenvalue weighted by Gasteiger charge is 2.38. The summed E-state index contributed by atoms with van der Waals surface area (Å²) in [5.74, 6) is 0.0364. The molecule has 1 aliphatic carbocycles. The van der Waals surface area contributed by atoms with Gasteiger partial charge in [0.05, 0.1) is 7.11 Å². The fourth-order valence-corrected chi connectivity index (χ4v) is 2.55. The van der Waals surface area contributed by atoms with E-state index in [2.05, 4.69) is 0 Å². The molecule has 0 amide bonds. The summed E-state index contributed by atoms with van der Waals surface area (Å²) in [7, 11) is 1.50. The smallest absolute Gasteiger partial charge is 0.165 e. The van der Waals surface area contributed by atoms with Crippen LogP contribution in [0.15, 0.2) is 18.2 Å². The normalized spacial score (nSPS) is 17.9. The molecule has 2 nitrogen and oxygen atoms in total. The van der Waals surface area contributed by atoms with Gasteiger partial charge in [-0.25, -0.2) is 4.39 Å². The first-order chi connectivity index (χ1) is 7.72. The van der Waals surface area contributed by atoms with Crippen molar-refractivity contribution in [2.24, 2.45) is 5.73 Å². The molecule has 2 N–H and O–H groups in total. The highest BCUT2D eigenvalue weighted by atomic mass is 19.1. The largest absolute Gasteiger partial charge is 0.494 e. The van der Waals surface area contributed by atoms with E-state index >= 15 is 0 Å². The first kappa shape index (κ1) is 11.4. The Kier molecular flexibility index (Phi) is 3.15. The van der Waals surface area contributed by atoms with Gasteiger partial charge < -0.3 is 10.5 Å². The van der Waals surface area contributed by atoms with Gasteiger partial charge in [-0.15, -0.1) is 0 Å². The number of ether oxygens (including phenoxy) is 1. The van der Waals surface area contributed by atoms with Gasteiger partial charge in [0.1, 0.15) is 0 Å². The Balaban J connectivity index is 2.31. The summed E-state index contributed by atoms with van der Waals surface area (Å²) >= 11 is 0. The van der Waals surface area contributed by atoms with Gasteiger partial charge in [-0.1, -0.05) is 12.5 Å². The van der Waals surface area contributed by atoms with Gasteiger partial charge in [-0.3, -0.25) is 0 Å². The van der Waals surface area contributed by atoms with Crippen LogP contribution in [0.25, 0.3) is 0 Å². The van der Waals surface area contributed by atoms with Crippen LogP contribution in [-0.4, -0.2) is 13.7 Å². The molecule has 0 heterocycles. The highest BCUT2D eigenvalue weighted by Crippen LogP contribution is 2.47. The second-order valence-electron chi connectivity index (χ2n) is 4.52. The topological polar surface area (TPSA) is 35.2 Å². The van der Waals surface area contributed by atoms with Crippen LogP contribution in [0.1, 0.15) is 31.2 Å². The Morgan fingerprint density at radius 3 is 2.69 bits per heavy atom. The van der Waals surface area contributed by atoms with Crippen molar-refractivity contribution in [3.05, 3.63) is 29.6 Å². The van der Waals surface area contributed by atoms with Gasteiger partial charge in [-0.05, 0) is 48.9 Å². The molecule has 1 aromatic carbocycles. The molecule has 3 heteroatoms. The molecule has 2 rings (SSSR count). The van der Waals surface area contributed by atoms with Crippen molar-refractivity contribution in [2.45, 2.75) is 31.1 Å². The molecule has 0 saturated heterocycles. The van der Waals surface area contributed by atoms with Crippen LogP contribution in [0, 0.1) is 5.82 Å². The zero-order valence-electron chi connectivity index (χ0n) is 9.63. The number of hydrogen-bond acceptors (Lipinski definition) is 2. The molecule has 0 atom stereocenters. The van der Waals surface area contributed by atoms with E-state index in [-0.39, 0.29) is 11.2 Å². The molecule has 0 aromatic heterocycles. The van der Waals surface area contributed by atoms with E-state index in [0.29, 0.717) is 12.3 Å². The zero-order chi connectivity index (χ0) is 11.6. The van der Waals surface area contributed by atoms with Gasteiger partial charge in [0.15, 0.2) is 11.6 Å². The molecule has 0 unspecified atom stereocenters. The van der Waals surface area contributed by atoms with Crippen molar-refractivity contribution in [3.8, 4) is 5.75 Å². The summed E-state index contributed by atoms with van der Waals surface area (Å²) < 4.78 is 18.3. The maximum Gasteiger partial charge on any atom is 0.165 e. The standard InChI is InChI=1S/C13H18FNO/c1-16-12-9-10(3-4-11(12)14)13(7-8-15)5-2-6-13/h3-4,9H,2,5-8,15H2,1H3. The Hall–Kier alpha value is -1.09. The van der Waals surface area contributed by atoms with Crippen molar-refractivity contribution in [1.82, 2.24) is 0 Å². The maximum absolute atomic E-state index is 13.3. The Morgan fingerprint density at radius 1 is 1.44 bits per heavy atom. The van der Waals surface area contributed by atoms with Crippen molar-refractivity contribution in [1.29, 1.82) is 0 Å². The van der Waals surface area contributed by atoms with Crippen molar-refractivity contribution < 1.29 is 9.13 Å². The third-order valence-electron chi connectivity index (χ3n) is 3.70. The minimum atomic E-state index is -0.298. The molecule has 88 valence electrons. The molecule has 1 aromatic rings. The van der Waals surface area contributed by atoms with Crippen LogP contribution in [0.4, 0.5) is 4.39 Å². The summed E-state index contributed by atoms with van der Waals surface area (Å²) in [4.78, 5) is 0. The molecule has 0 radical (unpaired) electrons. The van der Waals surface area contributed by atoms with E-state index in [1.807, 2.05) is 12.1 Å². The number of methoxy groups -OCH3 is 1. The van der Waals surface area contributed by atoms with E-state index < -0.39 is 0 Å². The number of rotatable bonds is 4. The van der Waals surface area contributed by atoms with Crippen LogP contribution >= 0.6 is 0 Å². The average Bonchev–Trinajstić information content (AvgIpc) is 2.24. The van der Waals surface area contributed by atoms with Crippen molar-refractivity contribution in [2.75, 3.05) is 13.7 Å². The second kappa shape index (κ2) is 4.42. The van der Waals surface area contributed by atoms with E-state index in [1.165, 1.54) is 25.2 Å². The Morgan fingerprint density at radius 2 is 2.19 bits per heavy atom. The van der Waals surface area contributed by atoms with Gasteiger partial charge in [0.2, 0.25) is 0 Å². The predicted octanol–water partition coefficient (Wildman–Crippen LogP) is 2.60. The molecule has 0 aliphatic heterocycles. The van der Waals surface area contributed by atoms with E-state index in [4.69, 9.17) is 10.5 Å². The number of nitrogens with two attached hydrogens (primary N) is 1. The lowest BCUT2D eigenvalue weighted by Gasteiger charge is -2.42. The third-order valence-corrected chi connectivity index (χ3v) is 3.70. The van der Waals surface area contributed by atoms with Crippen LogP contribution in [0.3, 0.4) is 0 Å². The predicted molar refractivity (Wildman–Crippen MR) is 62.2 cm³/mol. The molecule has 1 fully saturated rings. The van der Waals surface area contributed by atoms with Crippen molar-refractivity contribution >= 4 is 0 Å². The van der Waals surface area contributed by atoms with Gasteiger partial charge in [0, 0.05) is 0 Å². The molecule has 0 spiro atoms. The monoisotopic (exact) mass is 223 g/mol. The number of hydrogen-bond donors (Lipinski definition) is 1. The van der Waals surface area contributed by atoms with Crippen LogP contribution < -0.4 is 10.5 Å². The lowest BCUT2D eigenvalue weighted by atomic mass is 9.62.